The van der Waals surface area contributed by atoms with E-state index >= 15 is 13.2 Å². The molecule has 0 aliphatic carbocycles. The lowest BCUT2D eigenvalue weighted by Crippen LogP contribution is -2.17. The molecule has 0 saturated carbocycles. The fraction of sp³-hybridized carbons (Fsp3) is 0.128. The molecule has 0 spiro atoms. The number of rotatable bonds is 6. The summed E-state index contributed by atoms with van der Waals surface area (Å²) < 4.78 is 145. The molecule has 0 aliphatic rings. The minimum Gasteiger partial charge on any atom is -0.309 e. The third-order valence-electron chi connectivity index (χ3n) is 19.4. The first-order chi connectivity index (χ1) is 48.7. The number of nitrogens with zero attached hydrogens (tertiary/aromatic N) is 7. The first kappa shape index (κ1) is 65.6. The summed E-state index contributed by atoms with van der Waals surface area (Å²) in [6, 6.07) is 61.2. The highest BCUT2D eigenvalue weighted by Crippen LogP contribution is 2.53. The van der Waals surface area contributed by atoms with E-state index in [1.54, 1.807) is 53.1 Å². The Morgan fingerprint density at radius 1 is 0.314 bits per heavy atom. The zero-order valence-corrected chi connectivity index (χ0v) is 56.2. The summed E-state index contributed by atoms with van der Waals surface area (Å²) in [6.45, 7) is 31.4. The zero-order chi connectivity index (χ0) is 71.9. The summed E-state index contributed by atoms with van der Waals surface area (Å²) in [5.74, 6) is 0. The smallest absolute Gasteiger partial charge is 0.309 e. The molecule has 0 saturated heterocycles. The summed E-state index contributed by atoms with van der Waals surface area (Å²) in [6.07, 6.45) is -14.8. The third kappa shape index (κ3) is 10.6. The normalized spacial score (nSPS) is 12.1. The molecule has 0 N–H and O–H groups in total. The van der Waals surface area contributed by atoms with Gasteiger partial charge in [-0.05, 0) is 176 Å². The van der Waals surface area contributed by atoms with Crippen molar-refractivity contribution in [1.29, 1.82) is 5.26 Å². The van der Waals surface area contributed by atoms with E-state index < -0.39 is 52.2 Å². The Bertz CT molecular complexity index is 6180. The van der Waals surface area contributed by atoms with Gasteiger partial charge in [-0.25, -0.2) is 9.69 Å². The van der Waals surface area contributed by atoms with Gasteiger partial charge >= 0.3 is 18.5 Å². The number of halogens is 9. The van der Waals surface area contributed by atoms with E-state index in [1.807, 2.05) is 149 Å². The highest BCUT2D eigenvalue weighted by molar-refractivity contribution is 6.15. The molecule has 16 heteroatoms. The number of hydrogen-bond acceptors (Lipinski definition) is 1. The summed E-state index contributed by atoms with van der Waals surface area (Å²) in [5.41, 5.74) is 8.22. The predicted octanol–water partition coefficient (Wildman–Crippen LogP) is 25.6. The van der Waals surface area contributed by atoms with Crippen LogP contribution in [0.1, 0.15) is 66.8 Å². The Morgan fingerprint density at radius 2 is 0.578 bits per heavy atom. The van der Waals surface area contributed by atoms with Crippen LogP contribution in [0.3, 0.4) is 0 Å². The second kappa shape index (κ2) is 24.0. The topological polar surface area (TPSA) is 52.2 Å². The summed E-state index contributed by atoms with van der Waals surface area (Å²) in [5, 5.41) is 17.9. The lowest BCUT2D eigenvalue weighted by atomic mass is 9.92. The Morgan fingerprint density at radius 3 is 0.853 bits per heavy atom. The van der Waals surface area contributed by atoms with Gasteiger partial charge in [0.1, 0.15) is 17.2 Å². The fourth-order valence-electron chi connectivity index (χ4n) is 15.1. The van der Waals surface area contributed by atoms with Crippen molar-refractivity contribution in [2.24, 2.45) is 0 Å². The Labute approximate surface area is 579 Å². The van der Waals surface area contributed by atoms with E-state index in [0.29, 0.717) is 38.5 Å². The van der Waals surface area contributed by atoms with Gasteiger partial charge in [0.05, 0.1) is 91.2 Å². The van der Waals surface area contributed by atoms with Crippen LogP contribution in [0.2, 0.25) is 0 Å². The molecule has 7 nitrogen and oxygen atoms in total. The van der Waals surface area contributed by atoms with Crippen LogP contribution in [0.4, 0.5) is 50.9 Å². The lowest BCUT2D eigenvalue weighted by Gasteiger charge is -2.26. The summed E-state index contributed by atoms with van der Waals surface area (Å²) >= 11 is 0. The third-order valence-corrected chi connectivity index (χ3v) is 19.4. The average Bonchev–Trinajstić information content (AvgIpc) is 1.50. The second-order valence-electron chi connectivity index (χ2n) is 26.4. The second-order valence-corrected chi connectivity index (χ2v) is 26.4. The molecular formula is C86H58F9N7. The average molecular weight is 1360 g/mol. The number of alkyl halides is 9. The van der Waals surface area contributed by atoms with Crippen molar-refractivity contribution in [3.8, 4) is 51.1 Å². The number of aryl methyl sites for hydroxylation is 8. The molecule has 102 heavy (non-hydrogen) atoms. The molecule has 4 aromatic heterocycles. The molecule has 16 aromatic rings. The molecule has 0 bridgehead atoms. The van der Waals surface area contributed by atoms with E-state index in [9.17, 15) is 31.6 Å². The SMILES string of the molecule is [C-]#[N+]c1cccc(C(F)(F)F)c1-c1ccc(-n2c3ccc(C)cc3c3cc(C)ccc32)c(C#N)c1-n1c2ccc(C)cc2c2cc(C)ccc21.[C-]#[N+]c1cccc(C(F)(F)F)c1-c1ccc(-n2c3ccc(C)cc3c3cc(C)ccc32)c(C(F)(F)F)c1-n1c2ccc(C)cc2c2cc(C)ccc21. The van der Waals surface area contributed by atoms with Crippen molar-refractivity contribution >= 4 is 98.6 Å². The van der Waals surface area contributed by atoms with Crippen molar-refractivity contribution in [2.75, 3.05) is 0 Å². The molecule has 0 fully saturated rings. The molecule has 0 atom stereocenters. The molecule has 16 rings (SSSR count). The van der Waals surface area contributed by atoms with Crippen molar-refractivity contribution in [3.63, 3.8) is 0 Å². The van der Waals surface area contributed by atoms with Crippen LogP contribution in [-0.2, 0) is 18.5 Å². The van der Waals surface area contributed by atoms with Crippen LogP contribution in [0.5, 0.6) is 0 Å². The highest BCUT2D eigenvalue weighted by atomic mass is 19.4. The van der Waals surface area contributed by atoms with E-state index in [4.69, 9.17) is 13.1 Å². The fourth-order valence-corrected chi connectivity index (χ4v) is 15.1. The van der Waals surface area contributed by atoms with Crippen LogP contribution in [0, 0.1) is 79.9 Å². The minimum absolute atomic E-state index is 0.145. The molecular weight excluding hydrogens is 1300 g/mol. The largest absolute Gasteiger partial charge is 0.420 e. The van der Waals surface area contributed by atoms with Gasteiger partial charge in [0.2, 0.25) is 0 Å². The first-order valence-electron chi connectivity index (χ1n) is 32.7. The maximum Gasteiger partial charge on any atom is 0.420 e. The standard InChI is InChI=1S/C43H29F6N3.C43H29F3N4/c1-23-9-14-34-28(19-23)29-20-24(2)10-15-35(29)51(34)38-18-13-27(39-32(42(44,45)46)7-6-8-33(39)50-5)41(40(38)43(47,48)49)52-36-16-11-25(3)21-30(36)31-22-26(4)12-17-37(31)52;1-24-9-14-36-29(19-24)30-20-25(2)10-15-37(30)49(36)40-18-13-28(41-34(43(44,45)46)7-6-8-35(41)48-5)42(33(40)23-47)50-38-16-11-26(3)21-31(38)32-22-27(4)12-17-39(32)50/h6-22H,1-4H3;6-22H,1-4H3. The molecule has 0 aliphatic heterocycles. The Kier molecular flexibility index (Phi) is 15.4. The Balaban J connectivity index is 0.000000165. The van der Waals surface area contributed by atoms with E-state index in [2.05, 4.69) is 40.0 Å². The van der Waals surface area contributed by atoms with Gasteiger partial charge in [-0.15, -0.1) is 0 Å². The first-order valence-corrected chi connectivity index (χ1v) is 32.7. The maximum atomic E-state index is 16.3. The number of aromatic nitrogens is 4. The molecule has 0 amide bonds. The molecule has 4 heterocycles. The van der Waals surface area contributed by atoms with Crippen LogP contribution in [-0.4, -0.2) is 18.3 Å². The maximum absolute atomic E-state index is 16.3. The summed E-state index contributed by atoms with van der Waals surface area (Å²) in [4.78, 5) is 6.98. The Hall–Kier alpha value is -12.3. The van der Waals surface area contributed by atoms with Gasteiger partial charge in [0, 0.05) is 54.2 Å². The van der Waals surface area contributed by atoms with Gasteiger partial charge < -0.3 is 18.3 Å². The van der Waals surface area contributed by atoms with Gasteiger partial charge in [-0.2, -0.15) is 44.8 Å². The quantitative estimate of drug-likeness (QED) is 0.121. The number of nitriles is 1. The minimum atomic E-state index is -5.08. The molecule has 0 unspecified atom stereocenters. The van der Waals surface area contributed by atoms with Crippen molar-refractivity contribution < 1.29 is 39.5 Å². The van der Waals surface area contributed by atoms with Crippen molar-refractivity contribution in [2.45, 2.75) is 73.9 Å². The van der Waals surface area contributed by atoms with Crippen molar-refractivity contribution in [3.05, 3.63) is 296 Å². The van der Waals surface area contributed by atoms with E-state index in [0.717, 1.165) is 117 Å². The van der Waals surface area contributed by atoms with Crippen LogP contribution < -0.4 is 0 Å². The molecule has 12 aromatic carbocycles. The molecule has 0 radical (unpaired) electrons. The van der Waals surface area contributed by atoms with Gasteiger partial charge in [-0.1, -0.05) is 142 Å². The zero-order valence-electron chi connectivity index (χ0n) is 56.2. The predicted molar refractivity (Wildman–Crippen MR) is 391 cm³/mol. The summed E-state index contributed by atoms with van der Waals surface area (Å²) in [7, 11) is 0. The monoisotopic (exact) mass is 1360 g/mol. The van der Waals surface area contributed by atoms with Gasteiger partial charge in [-0.3, -0.25) is 0 Å². The van der Waals surface area contributed by atoms with Crippen molar-refractivity contribution in [1.82, 2.24) is 18.3 Å². The number of benzene rings is 12. The molecule has 500 valence electrons. The van der Waals surface area contributed by atoms with Crippen LogP contribution >= 0.6 is 0 Å². The highest BCUT2D eigenvalue weighted by Gasteiger charge is 2.43. The lowest BCUT2D eigenvalue weighted by molar-refractivity contribution is -0.138. The van der Waals surface area contributed by atoms with Crippen LogP contribution in [0.15, 0.2) is 206 Å². The number of hydrogen-bond donors (Lipinski definition) is 0. The van der Waals surface area contributed by atoms with E-state index in [-0.39, 0.29) is 39.3 Å². The van der Waals surface area contributed by atoms with Gasteiger partial charge in [0.25, 0.3) is 0 Å². The van der Waals surface area contributed by atoms with Crippen LogP contribution in [0.25, 0.3) is 142 Å². The van der Waals surface area contributed by atoms with Gasteiger partial charge in [0.15, 0.2) is 11.4 Å². The van der Waals surface area contributed by atoms with E-state index in [1.165, 1.54) is 34.9 Å². The number of fused-ring (bicyclic) bond motifs is 12.